The fraction of sp³-hybridized carbons (Fsp3) is 0.500. The minimum atomic E-state index is -0.296. The third-order valence-electron chi connectivity index (χ3n) is 1.80. The monoisotopic (exact) mass is 168 g/mol. The van der Waals surface area contributed by atoms with Gasteiger partial charge >= 0.3 is 5.97 Å². The summed E-state index contributed by atoms with van der Waals surface area (Å²) in [6.07, 6.45) is 3.46. The Morgan fingerprint density at radius 3 is 2.83 bits per heavy atom. The van der Waals surface area contributed by atoms with Crippen LogP contribution >= 0.6 is 0 Å². The molecule has 4 heteroatoms. The van der Waals surface area contributed by atoms with Gasteiger partial charge in [0.1, 0.15) is 11.7 Å². The number of carbonyl (C=O) groups is 1. The molecule has 1 aromatic heterocycles. The maximum Gasteiger partial charge on any atom is 0.316 e. The van der Waals surface area contributed by atoms with Gasteiger partial charge in [0.15, 0.2) is 0 Å². The van der Waals surface area contributed by atoms with Crippen LogP contribution in [-0.4, -0.2) is 22.6 Å². The van der Waals surface area contributed by atoms with Crippen LogP contribution in [-0.2, 0) is 16.6 Å². The highest BCUT2D eigenvalue weighted by atomic mass is 16.5. The lowest BCUT2D eigenvalue weighted by Gasteiger charge is -2.07. The zero-order valence-corrected chi connectivity index (χ0v) is 7.44. The van der Waals surface area contributed by atoms with E-state index in [4.69, 9.17) is 0 Å². The number of carbonyl (C=O) groups excluding carboxylic acids is 1. The Balaban J connectivity index is 2.84. The molecule has 0 saturated heterocycles. The minimum absolute atomic E-state index is 0.260. The molecule has 1 rings (SSSR count). The van der Waals surface area contributed by atoms with Crippen LogP contribution in [0.1, 0.15) is 18.7 Å². The van der Waals surface area contributed by atoms with E-state index in [1.165, 1.54) is 7.11 Å². The quantitative estimate of drug-likeness (QED) is 0.610. The third kappa shape index (κ3) is 1.47. The zero-order chi connectivity index (χ0) is 9.14. The highest BCUT2D eigenvalue weighted by Gasteiger charge is 2.18. The Bertz CT molecular complexity index is 280. The van der Waals surface area contributed by atoms with Crippen molar-refractivity contribution in [1.29, 1.82) is 0 Å². The highest BCUT2D eigenvalue weighted by Crippen LogP contribution is 2.12. The Morgan fingerprint density at radius 1 is 1.75 bits per heavy atom. The minimum Gasteiger partial charge on any atom is -0.468 e. The van der Waals surface area contributed by atoms with Crippen LogP contribution in [0.15, 0.2) is 12.4 Å². The van der Waals surface area contributed by atoms with Gasteiger partial charge in [-0.2, -0.15) is 0 Å². The predicted molar refractivity (Wildman–Crippen MR) is 43.6 cm³/mol. The van der Waals surface area contributed by atoms with Gasteiger partial charge in [-0.3, -0.25) is 4.79 Å². The number of aryl methyl sites for hydroxylation is 1. The largest absolute Gasteiger partial charge is 0.468 e. The Kier molecular flexibility index (Phi) is 2.47. The summed E-state index contributed by atoms with van der Waals surface area (Å²) in [5.41, 5.74) is 0. The van der Waals surface area contributed by atoms with E-state index in [2.05, 4.69) is 9.72 Å². The van der Waals surface area contributed by atoms with Crippen molar-refractivity contribution in [3.05, 3.63) is 18.2 Å². The SMILES string of the molecule is COC(=O)C(C)c1nccn1C. The Morgan fingerprint density at radius 2 is 2.42 bits per heavy atom. The molecule has 0 aliphatic heterocycles. The first-order valence-electron chi connectivity index (χ1n) is 3.72. The van der Waals surface area contributed by atoms with E-state index in [1.54, 1.807) is 19.3 Å². The summed E-state index contributed by atoms with van der Waals surface area (Å²) in [7, 11) is 3.23. The first kappa shape index (κ1) is 8.77. The summed E-state index contributed by atoms with van der Waals surface area (Å²) in [6.45, 7) is 1.77. The van der Waals surface area contributed by atoms with Gasteiger partial charge in [0.2, 0.25) is 0 Å². The van der Waals surface area contributed by atoms with Crippen LogP contribution in [0.5, 0.6) is 0 Å². The summed E-state index contributed by atoms with van der Waals surface area (Å²) in [6, 6.07) is 0. The molecule has 0 amide bonds. The number of aromatic nitrogens is 2. The molecule has 1 aromatic rings. The van der Waals surface area contributed by atoms with Crippen LogP contribution < -0.4 is 0 Å². The summed E-state index contributed by atoms with van der Waals surface area (Å²) in [4.78, 5) is 15.1. The topological polar surface area (TPSA) is 44.1 Å². The van der Waals surface area contributed by atoms with Gasteiger partial charge in [0.05, 0.1) is 7.11 Å². The predicted octanol–water partition coefficient (Wildman–Crippen LogP) is 0.697. The van der Waals surface area contributed by atoms with Gasteiger partial charge in [-0.15, -0.1) is 0 Å². The lowest BCUT2D eigenvalue weighted by Crippen LogP contribution is -2.14. The van der Waals surface area contributed by atoms with Crippen molar-refractivity contribution < 1.29 is 9.53 Å². The van der Waals surface area contributed by atoms with Gasteiger partial charge in [-0.05, 0) is 6.92 Å². The van der Waals surface area contributed by atoms with E-state index in [1.807, 2.05) is 11.6 Å². The smallest absolute Gasteiger partial charge is 0.316 e. The number of hydrogen-bond acceptors (Lipinski definition) is 3. The number of nitrogens with zero attached hydrogens (tertiary/aromatic N) is 2. The van der Waals surface area contributed by atoms with Gasteiger partial charge in [0, 0.05) is 19.4 Å². The fourth-order valence-electron chi connectivity index (χ4n) is 1.08. The molecule has 0 radical (unpaired) electrons. The maximum absolute atomic E-state index is 11.1. The van der Waals surface area contributed by atoms with Gasteiger partial charge in [-0.1, -0.05) is 0 Å². The molecule has 0 aromatic carbocycles. The summed E-state index contributed by atoms with van der Waals surface area (Å²) < 4.78 is 6.41. The molecule has 0 fully saturated rings. The average molecular weight is 168 g/mol. The molecule has 0 bridgehead atoms. The molecular formula is C8H12N2O2. The molecule has 4 nitrogen and oxygen atoms in total. The van der Waals surface area contributed by atoms with E-state index in [0.717, 1.165) is 5.82 Å². The number of hydrogen-bond donors (Lipinski definition) is 0. The van der Waals surface area contributed by atoms with Crippen LogP contribution in [0, 0.1) is 0 Å². The molecule has 1 atom stereocenters. The van der Waals surface area contributed by atoms with E-state index < -0.39 is 0 Å². The molecule has 0 aliphatic rings. The average Bonchev–Trinajstić information content (AvgIpc) is 2.48. The number of imidazole rings is 1. The Labute approximate surface area is 71.2 Å². The Hall–Kier alpha value is -1.32. The third-order valence-corrected chi connectivity index (χ3v) is 1.80. The van der Waals surface area contributed by atoms with Crippen molar-refractivity contribution in [3.8, 4) is 0 Å². The second-order valence-electron chi connectivity index (χ2n) is 2.64. The number of ether oxygens (including phenoxy) is 1. The van der Waals surface area contributed by atoms with Crippen LogP contribution in [0.2, 0.25) is 0 Å². The van der Waals surface area contributed by atoms with Crippen molar-refractivity contribution in [2.75, 3.05) is 7.11 Å². The normalized spacial score (nSPS) is 12.6. The second kappa shape index (κ2) is 3.38. The van der Waals surface area contributed by atoms with E-state index in [0.29, 0.717) is 0 Å². The molecule has 1 unspecified atom stereocenters. The van der Waals surface area contributed by atoms with Crippen molar-refractivity contribution in [2.24, 2.45) is 7.05 Å². The van der Waals surface area contributed by atoms with Crippen LogP contribution in [0.3, 0.4) is 0 Å². The van der Waals surface area contributed by atoms with Gasteiger partial charge in [-0.25, -0.2) is 4.98 Å². The van der Waals surface area contributed by atoms with Crippen molar-refractivity contribution in [3.63, 3.8) is 0 Å². The molecule has 1 heterocycles. The lowest BCUT2D eigenvalue weighted by atomic mass is 10.2. The van der Waals surface area contributed by atoms with Crippen LogP contribution in [0.4, 0.5) is 0 Å². The highest BCUT2D eigenvalue weighted by molar-refractivity contribution is 5.76. The molecule has 0 spiro atoms. The van der Waals surface area contributed by atoms with E-state index >= 15 is 0 Å². The fourth-order valence-corrected chi connectivity index (χ4v) is 1.08. The lowest BCUT2D eigenvalue weighted by molar-refractivity contribution is -0.142. The molecule has 0 saturated carbocycles. The van der Waals surface area contributed by atoms with Gasteiger partial charge < -0.3 is 9.30 Å². The van der Waals surface area contributed by atoms with Crippen LogP contribution in [0.25, 0.3) is 0 Å². The molecule has 66 valence electrons. The van der Waals surface area contributed by atoms with Crippen molar-refractivity contribution >= 4 is 5.97 Å². The zero-order valence-electron chi connectivity index (χ0n) is 7.44. The van der Waals surface area contributed by atoms with Crippen molar-refractivity contribution in [1.82, 2.24) is 9.55 Å². The number of rotatable bonds is 2. The van der Waals surface area contributed by atoms with Crippen molar-refractivity contribution in [2.45, 2.75) is 12.8 Å². The molecule has 0 aliphatic carbocycles. The number of methoxy groups -OCH3 is 1. The molecular weight excluding hydrogens is 156 g/mol. The summed E-state index contributed by atoms with van der Waals surface area (Å²) >= 11 is 0. The summed E-state index contributed by atoms with van der Waals surface area (Å²) in [5, 5.41) is 0. The molecule has 0 N–H and O–H groups in total. The van der Waals surface area contributed by atoms with Gasteiger partial charge in [0.25, 0.3) is 0 Å². The second-order valence-corrected chi connectivity index (χ2v) is 2.64. The first-order valence-corrected chi connectivity index (χ1v) is 3.72. The summed E-state index contributed by atoms with van der Waals surface area (Å²) in [5.74, 6) is 0.168. The van der Waals surface area contributed by atoms with E-state index in [9.17, 15) is 4.79 Å². The number of esters is 1. The maximum atomic E-state index is 11.1. The molecule has 12 heavy (non-hydrogen) atoms. The standard InChI is InChI=1S/C8H12N2O2/c1-6(8(11)12-3)7-9-4-5-10(7)2/h4-6H,1-3H3. The van der Waals surface area contributed by atoms with E-state index in [-0.39, 0.29) is 11.9 Å². The first-order chi connectivity index (χ1) is 5.66.